The first-order valence-corrected chi connectivity index (χ1v) is 5.65. The lowest BCUT2D eigenvalue weighted by Crippen LogP contribution is -2.25. The minimum absolute atomic E-state index is 0.224. The maximum atomic E-state index is 5.60. The summed E-state index contributed by atoms with van der Waals surface area (Å²) in [4.78, 5) is 0. The second-order valence-electron chi connectivity index (χ2n) is 3.57. The molecular weight excluding hydrogens is 178 g/mol. The van der Waals surface area contributed by atoms with Crippen molar-refractivity contribution >= 4 is 0 Å². The Morgan fingerprint density at radius 1 is 1.14 bits per heavy atom. The number of hydrogen-bond acceptors (Lipinski definition) is 3. The van der Waals surface area contributed by atoms with E-state index in [1.54, 1.807) is 7.11 Å². The molecule has 3 nitrogen and oxygen atoms in total. The molecule has 0 heterocycles. The Bertz CT molecular complexity index is 109. The third-order valence-electron chi connectivity index (χ3n) is 2.28. The van der Waals surface area contributed by atoms with Gasteiger partial charge >= 0.3 is 0 Å². The Morgan fingerprint density at radius 3 is 2.50 bits per heavy atom. The van der Waals surface area contributed by atoms with Crippen LogP contribution in [0.5, 0.6) is 0 Å². The van der Waals surface area contributed by atoms with Gasteiger partial charge in [-0.25, -0.2) is 0 Å². The van der Waals surface area contributed by atoms with Crippen LogP contribution in [0.2, 0.25) is 0 Å². The van der Waals surface area contributed by atoms with Crippen molar-refractivity contribution in [2.24, 2.45) is 5.73 Å². The van der Waals surface area contributed by atoms with Crippen LogP contribution in [0.4, 0.5) is 0 Å². The van der Waals surface area contributed by atoms with E-state index in [0.717, 1.165) is 6.42 Å². The zero-order valence-electron chi connectivity index (χ0n) is 9.63. The van der Waals surface area contributed by atoms with Crippen molar-refractivity contribution in [1.82, 2.24) is 0 Å². The van der Waals surface area contributed by atoms with Gasteiger partial charge < -0.3 is 15.2 Å². The van der Waals surface area contributed by atoms with Gasteiger partial charge in [0.15, 0.2) is 0 Å². The summed E-state index contributed by atoms with van der Waals surface area (Å²) in [6, 6.07) is 0. The van der Waals surface area contributed by atoms with Crippen molar-refractivity contribution in [2.45, 2.75) is 45.1 Å². The first kappa shape index (κ1) is 13.9. The van der Waals surface area contributed by atoms with Crippen molar-refractivity contribution in [3.63, 3.8) is 0 Å². The van der Waals surface area contributed by atoms with Crippen molar-refractivity contribution in [3.8, 4) is 0 Å². The largest absolute Gasteiger partial charge is 0.382 e. The summed E-state index contributed by atoms with van der Waals surface area (Å²) in [6.45, 7) is 4.16. The van der Waals surface area contributed by atoms with E-state index in [1.807, 2.05) is 0 Å². The molecular formula is C11H25NO2. The van der Waals surface area contributed by atoms with Gasteiger partial charge in [0.25, 0.3) is 0 Å². The van der Waals surface area contributed by atoms with E-state index in [4.69, 9.17) is 15.2 Å². The van der Waals surface area contributed by atoms with Crippen molar-refractivity contribution in [2.75, 3.05) is 26.9 Å². The number of hydrogen-bond donors (Lipinski definition) is 1. The molecule has 0 fully saturated rings. The third-order valence-corrected chi connectivity index (χ3v) is 2.28. The van der Waals surface area contributed by atoms with Gasteiger partial charge in [0, 0.05) is 13.7 Å². The average molecular weight is 203 g/mol. The Kier molecular flexibility index (Phi) is 10.9. The summed E-state index contributed by atoms with van der Waals surface area (Å²) in [6.07, 6.45) is 6.42. The van der Waals surface area contributed by atoms with Gasteiger partial charge in [-0.3, -0.25) is 0 Å². The van der Waals surface area contributed by atoms with E-state index in [9.17, 15) is 0 Å². The monoisotopic (exact) mass is 203 g/mol. The summed E-state index contributed by atoms with van der Waals surface area (Å²) in [7, 11) is 1.68. The second kappa shape index (κ2) is 11.0. The predicted molar refractivity (Wildman–Crippen MR) is 59.4 cm³/mol. The molecule has 0 aromatic heterocycles. The van der Waals surface area contributed by atoms with Crippen LogP contribution in [0.25, 0.3) is 0 Å². The lowest BCUT2D eigenvalue weighted by atomic mass is 10.1. The highest BCUT2D eigenvalue weighted by Crippen LogP contribution is 2.07. The van der Waals surface area contributed by atoms with Gasteiger partial charge in [-0.1, -0.05) is 32.6 Å². The van der Waals surface area contributed by atoms with Gasteiger partial charge in [0.1, 0.15) is 0 Å². The van der Waals surface area contributed by atoms with Gasteiger partial charge in [0.05, 0.1) is 19.3 Å². The Balaban J connectivity index is 3.28. The molecule has 0 aliphatic carbocycles. The summed E-state index contributed by atoms with van der Waals surface area (Å²) in [5.74, 6) is 0. The van der Waals surface area contributed by atoms with Crippen LogP contribution >= 0.6 is 0 Å². The zero-order chi connectivity index (χ0) is 10.6. The van der Waals surface area contributed by atoms with Crippen LogP contribution in [0.15, 0.2) is 0 Å². The number of methoxy groups -OCH3 is 1. The van der Waals surface area contributed by atoms with Crippen LogP contribution in [0.3, 0.4) is 0 Å². The minimum Gasteiger partial charge on any atom is -0.382 e. The van der Waals surface area contributed by atoms with E-state index < -0.39 is 0 Å². The molecule has 0 spiro atoms. The van der Waals surface area contributed by atoms with Crippen LogP contribution < -0.4 is 5.73 Å². The van der Waals surface area contributed by atoms with Crippen LogP contribution in [-0.2, 0) is 9.47 Å². The topological polar surface area (TPSA) is 44.5 Å². The van der Waals surface area contributed by atoms with Gasteiger partial charge in [-0.2, -0.15) is 0 Å². The molecule has 0 amide bonds. The summed E-state index contributed by atoms with van der Waals surface area (Å²) < 4.78 is 10.5. The number of unbranched alkanes of at least 4 members (excludes halogenated alkanes) is 3. The Hall–Kier alpha value is -0.120. The molecule has 0 rings (SSSR count). The summed E-state index contributed by atoms with van der Waals surface area (Å²) in [5, 5.41) is 0. The molecule has 0 saturated heterocycles. The standard InChI is InChI=1S/C11H25NO2/c1-3-4-5-6-7-11(10-12)14-9-8-13-2/h11H,3-10,12H2,1-2H3. The molecule has 14 heavy (non-hydrogen) atoms. The quantitative estimate of drug-likeness (QED) is 0.552. The van der Waals surface area contributed by atoms with E-state index in [2.05, 4.69) is 6.92 Å². The van der Waals surface area contributed by atoms with E-state index in [0.29, 0.717) is 19.8 Å². The molecule has 0 bridgehead atoms. The SMILES string of the molecule is CCCCCCC(CN)OCCOC. The highest BCUT2D eigenvalue weighted by atomic mass is 16.5. The average Bonchev–Trinajstić information content (AvgIpc) is 2.22. The molecule has 0 aromatic rings. The van der Waals surface area contributed by atoms with E-state index in [-0.39, 0.29) is 6.10 Å². The zero-order valence-corrected chi connectivity index (χ0v) is 9.63. The smallest absolute Gasteiger partial charge is 0.0704 e. The molecule has 1 unspecified atom stereocenters. The summed E-state index contributed by atoms with van der Waals surface area (Å²) >= 11 is 0. The fraction of sp³-hybridized carbons (Fsp3) is 1.00. The highest BCUT2D eigenvalue weighted by Gasteiger charge is 2.05. The van der Waals surface area contributed by atoms with Crippen LogP contribution in [0.1, 0.15) is 39.0 Å². The Labute approximate surface area is 88.0 Å². The number of nitrogens with two attached hydrogens (primary N) is 1. The van der Waals surface area contributed by atoms with Gasteiger partial charge in [0.2, 0.25) is 0 Å². The molecule has 0 aliphatic rings. The number of rotatable bonds is 10. The molecule has 0 aliphatic heterocycles. The summed E-state index contributed by atoms with van der Waals surface area (Å²) in [5.41, 5.74) is 5.60. The molecule has 86 valence electrons. The maximum absolute atomic E-state index is 5.60. The number of ether oxygens (including phenoxy) is 2. The molecule has 1 atom stereocenters. The lowest BCUT2D eigenvalue weighted by molar-refractivity contribution is 0.0166. The van der Waals surface area contributed by atoms with Crippen LogP contribution in [0, 0.1) is 0 Å². The molecule has 0 saturated carbocycles. The Morgan fingerprint density at radius 2 is 1.93 bits per heavy atom. The molecule has 2 N–H and O–H groups in total. The predicted octanol–water partition coefficient (Wildman–Crippen LogP) is 1.95. The first-order valence-electron chi connectivity index (χ1n) is 5.65. The fourth-order valence-electron chi connectivity index (χ4n) is 1.37. The molecule has 0 aromatic carbocycles. The molecule has 3 heteroatoms. The lowest BCUT2D eigenvalue weighted by Gasteiger charge is -2.15. The minimum atomic E-state index is 0.224. The third kappa shape index (κ3) is 8.48. The first-order chi connectivity index (χ1) is 6.85. The maximum Gasteiger partial charge on any atom is 0.0704 e. The second-order valence-corrected chi connectivity index (χ2v) is 3.57. The highest BCUT2D eigenvalue weighted by molar-refractivity contribution is 4.58. The van der Waals surface area contributed by atoms with E-state index in [1.165, 1.54) is 25.7 Å². The van der Waals surface area contributed by atoms with Gasteiger partial charge in [-0.15, -0.1) is 0 Å². The normalized spacial score (nSPS) is 13.1. The van der Waals surface area contributed by atoms with Crippen molar-refractivity contribution < 1.29 is 9.47 Å². The van der Waals surface area contributed by atoms with Crippen molar-refractivity contribution in [1.29, 1.82) is 0 Å². The fourth-order valence-corrected chi connectivity index (χ4v) is 1.37. The van der Waals surface area contributed by atoms with Crippen LogP contribution in [-0.4, -0.2) is 33.0 Å². The van der Waals surface area contributed by atoms with Gasteiger partial charge in [-0.05, 0) is 6.42 Å². The molecule has 0 radical (unpaired) electrons. The van der Waals surface area contributed by atoms with E-state index >= 15 is 0 Å². The van der Waals surface area contributed by atoms with Crippen molar-refractivity contribution in [3.05, 3.63) is 0 Å².